The fourth-order valence-electron chi connectivity index (χ4n) is 2.60. The molecule has 0 aromatic rings. The van der Waals surface area contributed by atoms with Gasteiger partial charge >= 0.3 is 0 Å². The first-order valence-electron chi connectivity index (χ1n) is 5.84. The first kappa shape index (κ1) is 10.4. The van der Waals surface area contributed by atoms with Gasteiger partial charge in [-0.3, -0.25) is 10.2 Å². The predicted molar refractivity (Wildman–Crippen MR) is 59.3 cm³/mol. The molecule has 0 amide bonds. The van der Waals surface area contributed by atoms with Gasteiger partial charge in [0.1, 0.15) is 0 Å². The van der Waals surface area contributed by atoms with E-state index in [0.29, 0.717) is 5.66 Å². The highest BCUT2D eigenvalue weighted by molar-refractivity contribution is 5.04. The zero-order valence-electron chi connectivity index (χ0n) is 9.71. The SMILES string of the molecule is CCNC1(N2CCC(N(C)C)C2)CC1. The van der Waals surface area contributed by atoms with Crippen LogP contribution in [0.15, 0.2) is 0 Å². The Hall–Kier alpha value is -0.120. The molecule has 1 heterocycles. The molecule has 1 saturated carbocycles. The van der Waals surface area contributed by atoms with E-state index < -0.39 is 0 Å². The van der Waals surface area contributed by atoms with Crippen LogP contribution in [0.4, 0.5) is 0 Å². The molecule has 1 aliphatic carbocycles. The molecule has 14 heavy (non-hydrogen) atoms. The van der Waals surface area contributed by atoms with Crippen molar-refractivity contribution in [2.24, 2.45) is 0 Å². The third kappa shape index (κ3) is 1.81. The average Bonchev–Trinajstić information content (AvgIpc) is 2.77. The van der Waals surface area contributed by atoms with Crippen LogP contribution in [0, 0.1) is 0 Å². The van der Waals surface area contributed by atoms with Gasteiger partial charge in [0.05, 0.1) is 5.66 Å². The lowest BCUT2D eigenvalue weighted by Gasteiger charge is -2.29. The highest BCUT2D eigenvalue weighted by atomic mass is 15.4. The maximum Gasteiger partial charge on any atom is 0.0715 e. The van der Waals surface area contributed by atoms with Crippen LogP contribution >= 0.6 is 0 Å². The van der Waals surface area contributed by atoms with Crippen molar-refractivity contribution in [2.75, 3.05) is 33.7 Å². The zero-order valence-corrected chi connectivity index (χ0v) is 9.71. The fourth-order valence-corrected chi connectivity index (χ4v) is 2.60. The van der Waals surface area contributed by atoms with Crippen LogP contribution in [-0.2, 0) is 0 Å². The second kappa shape index (κ2) is 3.80. The minimum absolute atomic E-state index is 0.402. The molecule has 1 atom stereocenters. The van der Waals surface area contributed by atoms with Crippen molar-refractivity contribution in [3.8, 4) is 0 Å². The summed E-state index contributed by atoms with van der Waals surface area (Å²) in [7, 11) is 4.39. The second-order valence-electron chi connectivity index (χ2n) is 4.91. The molecule has 0 spiro atoms. The van der Waals surface area contributed by atoms with Crippen molar-refractivity contribution in [3.63, 3.8) is 0 Å². The minimum Gasteiger partial charge on any atom is -0.305 e. The summed E-state index contributed by atoms with van der Waals surface area (Å²) in [6, 6.07) is 0.770. The Morgan fingerprint density at radius 1 is 1.43 bits per heavy atom. The summed E-state index contributed by atoms with van der Waals surface area (Å²) in [6.45, 7) is 5.83. The van der Waals surface area contributed by atoms with Gasteiger partial charge in [0.15, 0.2) is 0 Å². The third-order valence-electron chi connectivity index (χ3n) is 3.73. The molecule has 1 N–H and O–H groups in total. The molecule has 2 rings (SSSR count). The highest BCUT2D eigenvalue weighted by Gasteiger charge is 2.49. The van der Waals surface area contributed by atoms with Gasteiger partial charge in [-0.15, -0.1) is 0 Å². The maximum absolute atomic E-state index is 3.64. The summed E-state index contributed by atoms with van der Waals surface area (Å²) < 4.78 is 0. The van der Waals surface area contributed by atoms with Crippen molar-refractivity contribution in [1.29, 1.82) is 0 Å². The Labute approximate surface area is 87.4 Å². The van der Waals surface area contributed by atoms with Crippen LogP contribution in [-0.4, -0.2) is 55.2 Å². The summed E-state index contributed by atoms with van der Waals surface area (Å²) in [5.41, 5.74) is 0.402. The molecule has 2 fully saturated rings. The van der Waals surface area contributed by atoms with E-state index in [-0.39, 0.29) is 0 Å². The van der Waals surface area contributed by atoms with Gasteiger partial charge in [0.25, 0.3) is 0 Å². The lowest BCUT2D eigenvalue weighted by atomic mass is 10.2. The quantitative estimate of drug-likeness (QED) is 0.716. The van der Waals surface area contributed by atoms with Gasteiger partial charge in [-0.2, -0.15) is 0 Å². The average molecular weight is 197 g/mol. The van der Waals surface area contributed by atoms with E-state index in [1.54, 1.807) is 0 Å². The first-order valence-corrected chi connectivity index (χ1v) is 5.84. The van der Waals surface area contributed by atoms with Gasteiger partial charge in [0, 0.05) is 19.1 Å². The monoisotopic (exact) mass is 197 g/mol. The first-order chi connectivity index (χ1) is 6.68. The molecular formula is C11H23N3. The van der Waals surface area contributed by atoms with E-state index in [2.05, 4.69) is 36.1 Å². The Morgan fingerprint density at radius 3 is 2.57 bits per heavy atom. The Bertz CT molecular complexity index is 199. The second-order valence-corrected chi connectivity index (χ2v) is 4.91. The molecule has 3 heteroatoms. The predicted octanol–water partition coefficient (Wildman–Crippen LogP) is 0.722. The summed E-state index contributed by atoms with van der Waals surface area (Å²) in [5, 5.41) is 3.64. The van der Waals surface area contributed by atoms with Crippen LogP contribution in [0.25, 0.3) is 0 Å². The van der Waals surface area contributed by atoms with E-state index in [9.17, 15) is 0 Å². The number of hydrogen-bond donors (Lipinski definition) is 1. The molecular weight excluding hydrogens is 174 g/mol. The summed E-state index contributed by atoms with van der Waals surface area (Å²) >= 11 is 0. The molecule has 0 aromatic heterocycles. The van der Waals surface area contributed by atoms with E-state index in [1.807, 2.05) is 0 Å². The summed E-state index contributed by atoms with van der Waals surface area (Å²) in [4.78, 5) is 5.02. The molecule has 0 radical (unpaired) electrons. The zero-order chi connectivity index (χ0) is 10.2. The van der Waals surface area contributed by atoms with E-state index in [1.165, 1.54) is 32.4 Å². The number of nitrogens with zero attached hydrogens (tertiary/aromatic N) is 2. The van der Waals surface area contributed by atoms with Crippen LogP contribution in [0.1, 0.15) is 26.2 Å². The molecule has 2 aliphatic rings. The fraction of sp³-hybridized carbons (Fsp3) is 1.00. The lowest BCUT2D eigenvalue weighted by Crippen LogP contribution is -2.48. The molecule has 1 unspecified atom stereocenters. The third-order valence-corrected chi connectivity index (χ3v) is 3.73. The van der Waals surface area contributed by atoms with Gasteiger partial charge in [0.2, 0.25) is 0 Å². The largest absolute Gasteiger partial charge is 0.305 e. The number of rotatable bonds is 4. The molecule has 0 bridgehead atoms. The van der Waals surface area contributed by atoms with Crippen LogP contribution in [0.3, 0.4) is 0 Å². The molecule has 82 valence electrons. The van der Waals surface area contributed by atoms with Crippen molar-refractivity contribution in [2.45, 2.75) is 37.9 Å². The van der Waals surface area contributed by atoms with Crippen LogP contribution in [0.5, 0.6) is 0 Å². The standard InChI is InChI=1S/C11H23N3/c1-4-12-11(6-7-11)14-8-5-10(9-14)13(2)3/h10,12H,4-9H2,1-3H3. The van der Waals surface area contributed by atoms with Crippen molar-refractivity contribution in [3.05, 3.63) is 0 Å². The summed E-state index contributed by atoms with van der Waals surface area (Å²) in [6.07, 6.45) is 4.03. The molecule has 0 aromatic carbocycles. The number of likely N-dealkylation sites (tertiary alicyclic amines) is 1. The highest BCUT2D eigenvalue weighted by Crippen LogP contribution is 2.41. The Balaban J connectivity index is 1.89. The number of likely N-dealkylation sites (N-methyl/N-ethyl adjacent to an activating group) is 1. The smallest absolute Gasteiger partial charge is 0.0715 e. The van der Waals surface area contributed by atoms with Crippen molar-refractivity contribution < 1.29 is 0 Å². The normalized spacial score (nSPS) is 31.3. The van der Waals surface area contributed by atoms with Crippen molar-refractivity contribution >= 4 is 0 Å². The molecule has 1 saturated heterocycles. The van der Waals surface area contributed by atoms with Crippen LogP contribution in [0.2, 0.25) is 0 Å². The van der Waals surface area contributed by atoms with Gasteiger partial charge < -0.3 is 4.90 Å². The van der Waals surface area contributed by atoms with Gasteiger partial charge in [-0.05, 0) is 39.9 Å². The van der Waals surface area contributed by atoms with Gasteiger partial charge in [-0.25, -0.2) is 0 Å². The van der Waals surface area contributed by atoms with Crippen LogP contribution < -0.4 is 5.32 Å². The van der Waals surface area contributed by atoms with E-state index in [0.717, 1.165) is 12.6 Å². The minimum atomic E-state index is 0.402. The number of hydrogen-bond acceptors (Lipinski definition) is 3. The Morgan fingerprint density at radius 2 is 2.14 bits per heavy atom. The van der Waals surface area contributed by atoms with E-state index in [4.69, 9.17) is 0 Å². The molecule has 3 nitrogen and oxygen atoms in total. The van der Waals surface area contributed by atoms with Gasteiger partial charge in [-0.1, -0.05) is 6.92 Å². The lowest BCUT2D eigenvalue weighted by molar-refractivity contribution is 0.167. The summed E-state index contributed by atoms with van der Waals surface area (Å²) in [5.74, 6) is 0. The Kier molecular flexibility index (Phi) is 2.82. The van der Waals surface area contributed by atoms with Crippen molar-refractivity contribution in [1.82, 2.24) is 15.1 Å². The number of nitrogens with one attached hydrogen (secondary N) is 1. The molecule has 1 aliphatic heterocycles. The van der Waals surface area contributed by atoms with E-state index >= 15 is 0 Å². The topological polar surface area (TPSA) is 18.5 Å². The maximum atomic E-state index is 3.64.